The van der Waals surface area contributed by atoms with Crippen molar-refractivity contribution in [3.8, 4) is 0 Å². The summed E-state index contributed by atoms with van der Waals surface area (Å²) in [5, 5.41) is 6.30. The number of ether oxygens (including phenoxy) is 2. The van der Waals surface area contributed by atoms with Crippen LogP contribution < -0.4 is 0 Å². The van der Waals surface area contributed by atoms with E-state index in [2.05, 4.69) is 10.2 Å². The Kier molecular flexibility index (Phi) is 6.96. The highest BCUT2D eigenvalue weighted by Gasteiger charge is 2.25. The van der Waals surface area contributed by atoms with Crippen LogP contribution in [0, 0.1) is 6.92 Å². The van der Waals surface area contributed by atoms with E-state index in [0.717, 1.165) is 0 Å². The van der Waals surface area contributed by atoms with Crippen LogP contribution >= 0.6 is 0 Å². The van der Waals surface area contributed by atoms with Crippen molar-refractivity contribution in [3.05, 3.63) is 17.0 Å². The number of carbonyl (C=O) groups excluding carboxylic acids is 2. The third-order valence-electron chi connectivity index (χ3n) is 2.08. The van der Waals surface area contributed by atoms with E-state index in [1.165, 1.54) is 0 Å². The number of nitrogens with zero attached hydrogens (tertiary/aromatic N) is 1. The highest BCUT2D eigenvalue weighted by molar-refractivity contribution is 5.95. The first-order valence-corrected chi connectivity index (χ1v) is 6.71. The van der Waals surface area contributed by atoms with E-state index in [1.54, 1.807) is 34.6 Å². The van der Waals surface area contributed by atoms with Crippen molar-refractivity contribution in [3.63, 3.8) is 0 Å². The van der Waals surface area contributed by atoms with Crippen molar-refractivity contribution >= 4 is 11.9 Å². The SMILES string of the molecule is CC.CCOC(=O)c1[nH]nc(C(=O)OC(C)(C)C)c1C. The summed E-state index contributed by atoms with van der Waals surface area (Å²) in [5.74, 6) is -1.09. The van der Waals surface area contributed by atoms with Crippen LogP contribution in [0.5, 0.6) is 0 Å². The normalized spacial score (nSPS) is 10.3. The molecule has 0 saturated carbocycles. The summed E-state index contributed by atoms with van der Waals surface area (Å²) in [6.07, 6.45) is 0. The summed E-state index contributed by atoms with van der Waals surface area (Å²) in [6, 6.07) is 0. The molecule has 6 heteroatoms. The Morgan fingerprint density at radius 3 is 2.20 bits per heavy atom. The average molecular weight is 284 g/mol. The van der Waals surface area contributed by atoms with Gasteiger partial charge in [-0.05, 0) is 34.6 Å². The molecule has 0 spiro atoms. The first-order valence-electron chi connectivity index (χ1n) is 6.71. The Labute approximate surface area is 119 Å². The van der Waals surface area contributed by atoms with Gasteiger partial charge in [0.15, 0.2) is 5.69 Å². The zero-order valence-electron chi connectivity index (χ0n) is 13.3. The van der Waals surface area contributed by atoms with Gasteiger partial charge in [-0.25, -0.2) is 9.59 Å². The standard InChI is InChI=1S/C12H18N2O4.C2H6/c1-6-17-10(15)8-7(2)9(14-13-8)11(16)18-12(3,4)5;1-2/h6H2,1-5H3,(H,13,14);1-2H3. The van der Waals surface area contributed by atoms with Crippen molar-refractivity contribution in [1.29, 1.82) is 0 Å². The molecule has 0 aliphatic heterocycles. The molecule has 0 bridgehead atoms. The van der Waals surface area contributed by atoms with Gasteiger partial charge in [-0.3, -0.25) is 5.10 Å². The molecule has 1 N–H and O–H groups in total. The lowest BCUT2D eigenvalue weighted by Crippen LogP contribution is -2.24. The van der Waals surface area contributed by atoms with Gasteiger partial charge in [-0.15, -0.1) is 0 Å². The fraction of sp³-hybridized carbons (Fsp3) is 0.643. The Balaban J connectivity index is 0.00000172. The van der Waals surface area contributed by atoms with Crippen molar-refractivity contribution in [1.82, 2.24) is 10.2 Å². The highest BCUT2D eigenvalue weighted by atomic mass is 16.6. The third kappa shape index (κ3) is 5.03. The summed E-state index contributed by atoms with van der Waals surface area (Å²) in [4.78, 5) is 23.4. The van der Waals surface area contributed by atoms with E-state index in [4.69, 9.17) is 9.47 Å². The maximum atomic E-state index is 11.8. The second kappa shape index (κ2) is 7.67. The van der Waals surface area contributed by atoms with Crippen molar-refractivity contribution in [2.24, 2.45) is 0 Å². The van der Waals surface area contributed by atoms with E-state index in [-0.39, 0.29) is 18.0 Å². The minimum Gasteiger partial charge on any atom is -0.461 e. The summed E-state index contributed by atoms with van der Waals surface area (Å²) in [6.45, 7) is 12.9. The molecular formula is C14H24N2O4. The molecule has 1 aromatic heterocycles. The number of hydrogen-bond acceptors (Lipinski definition) is 5. The Morgan fingerprint density at radius 2 is 1.75 bits per heavy atom. The molecule has 0 amide bonds. The number of carbonyl (C=O) groups is 2. The fourth-order valence-electron chi connectivity index (χ4n) is 1.33. The molecule has 114 valence electrons. The van der Waals surface area contributed by atoms with E-state index in [0.29, 0.717) is 5.56 Å². The smallest absolute Gasteiger partial charge is 0.359 e. The van der Waals surface area contributed by atoms with Gasteiger partial charge in [0, 0.05) is 5.56 Å². The molecule has 1 heterocycles. The van der Waals surface area contributed by atoms with Gasteiger partial charge in [0.1, 0.15) is 11.3 Å². The van der Waals surface area contributed by atoms with Gasteiger partial charge < -0.3 is 9.47 Å². The van der Waals surface area contributed by atoms with Crippen molar-refractivity contribution in [2.75, 3.05) is 6.61 Å². The van der Waals surface area contributed by atoms with Crippen LogP contribution in [-0.4, -0.2) is 34.3 Å². The highest BCUT2D eigenvalue weighted by Crippen LogP contribution is 2.16. The lowest BCUT2D eigenvalue weighted by Gasteiger charge is -2.18. The number of esters is 2. The van der Waals surface area contributed by atoms with Crippen LogP contribution in [0.1, 0.15) is 68.1 Å². The van der Waals surface area contributed by atoms with Gasteiger partial charge in [0.25, 0.3) is 0 Å². The van der Waals surface area contributed by atoms with Gasteiger partial charge >= 0.3 is 11.9 Å². The van der Waals surface area contributed by atoms with Crippen molar-refractivity contribution < 1.29 is 19.1 Å². The fourth-order valence-corrected chi connectivity index (χ4v) is 1.33. The molecule has 0 saturated heterocycles. The summed E-state index contributed by atoms with van der Waals surface area (Å²) >= 11 is 0. The molecule has 20 heavy (non-hydrogen) atoms. The van der Waals surface area contributed by atoms with E-state index in [9.17, 15) is 9.59 Å². The van der Waals surface area contributed by atoms with Gasteiger partial charge in [0.2, 0.25) is 0 Å². The predicted molar refractivity (Wildman–Crippen MR) is 75.8 cm³/mol. The Hall–Kier alpha value is -1.85. The number of aromatic nitrogens is 2. The molecule has 0 atom stereocenters. The predicted octanol–water partition coefficient (Wildman–Crippen LogP) is 2.88. The molecule has 0 unspecified atom stereocenters. The Morgan fingerprint density at radius 1 is 1.20 bits per heavy atom. The summed E-state index contributed by atoms with van der Waals surface area (Å²) in [7, 11) is 0. The van der Waals surface area contributed by atoms with Gasteiger partial charge in [-0.1, -0.05) is 13.8 Å². The van der Waals surface area contributed by atoms with Crippen LogP contribution in [0.2, 0.25) is 0 Å². The molecule has 0 radical (unpaired) electrons. The van der Waals surface area contributed by atoms with Crippen molar-refractivity contribution in [2.45, 2.75) is 54.1 Å². The van der Waals surface area contributed by atoms with Crippen LogP contribution in [0.25, 0.3) is 0 Å². The molecule has 1 rings (SSSR count). The maximum absolute atomic E-state index is 11.8. The zero-order valence-corrected chi connectivity index (χ0v) is 13.3. The minimum atomic E-state index is -0.605. The number of rotatable bonds is 3. The first kappa shape index (κ1) is 18.1. The minimum absolute atomic E-state index is 0.105. The largest absolute Gasteiger partial charge is 0.461 e. The molecule has 1 aromatic rings. The molecule has 0 aliphatic rings. The summed E-state index contributed by atoms with van der Waals surface area (Å²) in [5.41, 5.74) is 0.112. The molecule has 0 aliphatic carbocycles. The average Bonchev–Trinajstić information content (AvgIpc) is 2.72. The van der Waals surface area contributed by atoms with Crippen LogP contribution in [0.3, 0.4) is 0 Å². The number of aromatic amines is 1. The second-order valence-electron chi connectivity index (χ2n) is 4.79. The quantitative estimate of drug-likeness (QED) is 0.863. The lowest BCUT2D eigenvalue weighted by molar-refractivity contribution is 0.00620. The van der Waals surface area contributed by atoms with Gasteiger partial charge in [-0.2, -0.15) is 5.10 Å². The number of nitrogens with one attached hydrogen (secondary N) is 1. The second-order valence-corrected chi connectivity index (χ2v) is 4.79. The summed E-state index contributed by atoms with van der Waals surface area (Å²) < 4.78 is 10.0. The topological polar surface area (TPSA) is 81.3 Å². The van der Waals surface area contributed by atoms with E-state index in [1.807, 2.05) is 13.8 Å². The molecule has 0 fully saturated rings. The monoisotopic (exact) mass is 284 g/mol. The lowest BCUT2D eigenvalue weighted by atomic mass is 10.1. The zero-order chi connectivity index (χ0) is 15.9. The van der Waals surface area contributed by atoms with E-state index < -0.39 is 17.5 Å². The van der Waals surface area contributed by atoms with Crippen LogP contribution in [0.15, 0.2) is 0 Å². The Bertz CT molecular complexity index is 458. The van der Waals surface area contributed by atoms with Crippen LogP contribution in [0.4, 0.5) is 0 Å². The van der Waals surface area contributed by atoms with Crippen LogP contribution in [-0.2, 0) is 9.47 Å². The molecule has 0 aromatic carbocycles. The number of hydrogen-bond donors (Lipinski definition) is 1. The molecule has 6 nitrogen and oxygen atoms in total. The first-order chi connectivity index (χ1) is 9.26. The number of H-pyrrole nitrogens is 1. The molecular weight excluding hydrogens is 260 g/mol. The van der Waals surface area contributed by atoms with E-state index >= 15 is 0 Å². The third-order valence-corrected chi connectivity index (χ3v) is 2.08. The van der Waals surface area contributed by atoms with Gasteiger partial charge in [0.05, 0.1) is 6.61 Å². The maximum Gasteiger partial charge on any atom is 0.359 e.